The zero-order chi connectivity index (χ0) is 20.8. The van der Waals surface area contributed by atoms with Gasteiger partial charge in [0.05, 0.1) is 12.2 Å². The van der Waals surface area contributed by atoms with Crippen LogP contribution in [-0.4, -0.2) is 24.3 Å². The van der Waals surface area contributed by atoms with Gasteiger partial charge < -0.3 is 10.1 Å². The monoisotopic (exact) mass is 395 g/mol. The van der Waals surface area contributed by atoms with E-state index in [9.17, 15) is 14.4 Å². The van der Waals surface area contributed by atoms with Gasteiger partial charge >= 0.3 is 0 Å². The molecule has 2 aromatic carbocycles. The van der Waals surface area contributed by atoms with Crippen molar-refractivity contribution in [2.75, 3.05) is 11.9 Å². The lowest BCUT2D eigenvalue weighted by Gasteiger charge is -2.13. The summed E-state index contributed by atoms with van der Waals surface area (Å²) in [7, 11) is 0. The van der Waals surface area contributed by atoms with Crippen LogP contribution in [0.1, 0.15) is 47.4 Å². The van der Waals surface area contributed by atoms with Gasteiger partial charge in [0.1, 0.15) is 5.75 Å². The minimum absolute atomic E-state index is 0.00724. The first kappa shape index (κ1) is 20.4. The quantitative estimate of drug-likeness (QED) is 0.628. The van der Waals surface area contributed by atoms with E-state index in [4.69, 9.17) is 4.74 Å². The standard InChI is InChI=1S/C22H25N3O4/c1-14(2)13-29-19-6-4-3-5-18(19)22(28)25-24-21(27)16-9-11-17(12-10-16)23-20(26)15-7-8-15/h3-6,9-12,14-15H,7-8,13H2,1-2H3,(H,23,26)(H,24,27)(H,25,28). The van der Waals surface area contributed by atoms with Crippen molar-refractivity contribution >= 4 is 23.4 Å². The van der Waals surface area contributed by atoms with E-state index in [0.717, 1.165) is 12.8 Å². The van der Waals surface area contributed by atoms with Crippen molar-refractivity contribution in [3.63, 3.8) is 0 Å². The molecule has 3 amide bonds. The predicted molar refractivity (Wildman–Crippen MR) is 110 cm³/mol. The number of ether oxygens (including phenoxy) is 1. The first-order valence-electron chi connectivity index (χ1n) is 9.67. The topological polar surface area (TPSA) is 96.5 Å². The van der Waals surface area contributed by atoms with Crippen molar-refractivity contribution in [3.05, 3.63) is 59.7 Å². The Morgan fingerprint density at radius 3 is 2.28 bits per heavy atom. The SMILES string of the molecule is CC(C)COc1ccccc1C(=O)NNC(=O)c1ccc(NC(=O)C2CC2)cc1. The summed E-state index contributed by atoms with van der Waals surface area (Å²) in [5.41, 5.74) is 6.14. The van der Waals surface area contributed by atoms with Crippen LogP contribution in [0.25, 0.3) is 0 Å². The van der Waals surface area contributed by atoms with Gasteiger partial charge in [-0.2, -0.15) is 0 Å². The molecule has 0 radical (unpaired) electrons. The van der Waals surface area contributed by atoms with Gasteiger partial charge in [-0.1, -0.05) is 26.0 Å². The van der Waals surface area contributed by atoms with Gasteiger partial charge in [-0.3, -0.25) is 25.2 Å². The van der Waals surface area contributed by atoms with Crippen molar-refractivity contribution in [2.24, 2.45) is 11.8 Å². The van der Waals surface area contributed by atoms with Gasteiger partial charge in [0.15, 0.2) is 0 Å². The van der Waals surface area contributed by atoms with E-state index in [1.54, 1.807) is 48.5 Å². The second-order valence-electron chi connectivity index (χ2n) is 7.45. The average Bonchev–Trinajstić information content (AvgIpc) is 3.56. The Morgan fingerprint density at radius 1 is 0.966 bits per heavy atom. The van der Waals surface area contributed by atoms with Crippen molar-refractivity contribution in [1.82, 2.24) is 10.9 Å². The van der Waals surface area contributed by atoms with Crippen LogP contribution in [0.3, 0.4) is 0 Å². The molecule has 152 valence electrons. The molecule has 0 atom stereocenters. The van der Waals surface area contributed by atoms with Gasteiger partial charge in [0.2, 0.25) is 5.91 Å². The van der Waals surface area contributed by atoms with Crippen LogP contribution < -0.4 is 20.9 Å². The lowest BCUT2D eigenvalue weighted by atomic mass is 10.2. The highest BCUT2D eigenvalue weighted by molar-refractivity contribution is 6.01. The number of hydrazine groups is 1. The van der Waals surface area contributed by atoms with Crippen LogP contribution in [0.2, 0.25) is 0 Å². The highest BCUT2D eigenvalue weighted by Gasteiger charge is 2.29. The molecule has 1 saturated carbocycles. The summed E-state index contributed by atoms with van der Waals surface area (Å²) in [6.07, 6.45) is 1.86. The van der Waals surface area contributed by atoms with E-state index in [0.29, 0.717) is 35.1 Å². The number of hydrogen-bond acceptors (Lipinski definition) is 4. The second-order valence-corrected chi connectivity index (χ2v) is 7.45. The summed E-state index contributed by atoms with van der Waals surface area (Å²) < 4.78 is 5.67. The molecular weight excluding hydrogens is 370 g/mol. The normalized spacial score (nSPS) is 12.9. The molecular formula is C22H25N3O4. The molecule has 0 bridgehead atoms. The molecule has 0 saturated heterocycles. The Labute approximate surface area is 169 Å². The molecule has 3 N–H and O–H groups in total. The number of benzene rings is 2. The van der Waals surface area contributed by atoms with Gasteiger partial charge in [0.25, 0.3) is 11.8 Å². The predicted octanol–water partition coefficient (Wildman–Crippen LogP) is 3.14. The molecule has 3 rings (SSSR count). The summed E-state index contributed by atoms with van der Waals surface area (Å²) >= 11 is 0. The van der Waals surface area contributed by atoms with E-state index in [1.165, 1.54) is 0 Å². The van der Waals surface area contributed by atoms with Crippen molar-refractivity contribution in [1.29, 1.82) is 0 Å². The number of carbonyl (C=O) groups is 3. The largest absolute Gasteiger partial charge is 0.492 e. The Bertz CT molecular complexity index is 889. The average molecular weight is 395 g/mol. The zero-order valence-electron chi connectivity index (χ0n) is 16.5. The third-order valence-corrected chi connectivity index (χ3v) is 4.36. The minimum Gasteiger partial charge on any atom is -0.492 e. The number of hydrogen-bond donors (Lipinski definition) is 3. The summed E-state index contributed by atoms with van der Waals surface area (Å²) in [5, 5.41) is 2.81. The van der Waals surface area contributed by atoms with Crippen LogP contribution in [-0.2, 0) is 4.79 Å². The lowest BCUT2D eigenvalue weighted by molar-refractivity contribution is -0.117. The lowest BCUT2D eigenvalue weighted by Crippen LogP contribution is -2.41. The molecule has 1 aliphatic carbocycles. The van der Waals surface area contributed by atoms with E-state index >= 15 is 0 Å². The fourth-order valence-electron chi connectivity index (χ4n) is 2.58. The number of amides is 3. The third-order valence-electron chi connectivity index (χ3n) is 4.36. The number of nitrogens with one attached hydrogen (secondary N) is 3. The number of carbonyl (C=O) groups excluding carboxylic acids is 3. The molecule has 0 heterocycles. The number of rotatable bonds is 7. The van der Waals surface area contributed by atoms with Crippen LogP contribution >= 0.6 is 0 Å². The highest BCUT2D eigenvalue weighted by Crippen LogP contribution is 2.30. The van der Waals surface area contributed by atoms with E-state index < -0.39 is 11.8 Å². The Kier molecular flexibility index (Phi) is 6.49. The maximum Gasteiger partial charge on any atom is 0.273 e. The van der Waals surface area contributed by atoms with Crippen molar-refractivity contribution in [3.8, 4) is 5.75 Å². The first-order valence-corrected chi connectivity index (χ1v) is 9.67. The fraction of sp³-hybridized carbons (Fsp3) is 0.318. The van der Waals surface area contributed by atoms with E-state index in [2.05, 4.69) is 16.2 Å². The first-order chi connectivity index (χ1) is 13.9. The molecule has 1 aliphatic rings. The van der Waals surface area contributed by atoms with Crippen molar-refractivity contribution in [2.45, 2.75) is 26.7 Å². The minimum atomic E-state index is -0.467. The van der Waals surface area contributed by atoms with Gasteiger partial charge in [-0.15, -0.1) is 0 Å². The van der Waals surface area contributed by atoms with Crippen LogP contribution in [0, 0.1) is 11.8 Å². The van der Waals surface area contributed by atoms with E-state index in [-0.39, 0.29) is 11.8 Å². The summed E-state index contributed by atoms with van der Waals surface area (Å²) in [4.78, 5) is 36.5. The molecule has 0 aliphatic heterocycles. The van der Waals surface area contributed by atoms with Crippen LogP contribution in [0.5, 0.6) is 5.75 Å². The van der Waals surface area contributed by atoms with Gasteiger partial charge in [-0.05, 0) is 55.2 Å². The molecule has 7 nitrogen and oxygen atoms in total. The van der Waals surface area contributed by atoms with Gasteiger partial charge in [-0.25, -0.2) is 0 Å². The molecule has 2 aromatic rings. The second kappa shape index (κ2) is 9.23. The van der Waals surface area contributed by atoms with Crippen LogP contribution in [0.15, 0.2) is 48.5 Å². The number of para-hydroxylation sites is 1. The zero-order valence-corrected chi connectivity index (χ0v) is 16.5. The summed E-state index contributed by atoms with van der Waals surface area (Å²) in [6.45, 7) is 4.53. The maximum atomic E-state index is 12.4. The molecule has 29 heavy (non-hydrogen) atoms. The number of anilines is 1. The summed E-state index contributed by atoms with van der Waals surface area (Å²) in [6, 6.07) is 13.4. The molecule has 7 heteroatoms. The Balaban J connectivity index is 1.55. The highest BCUT2D eigenvalue weighted by atomic mass is 16.5. The smallest absolute Gasteiger partial charge is 0.273 e. The molecule has 1 fully saturated rings. The maximum absolute atomic E-state index is 12.4. The Morgan fingerprint density at radius 2 is 1.62 bits per heavy atom. The Hall–Kier alpha value is -3.35. The fourth-order valence-corrected chi connectivity index (χ4v) is 2.58. The van der Waals surface area contributed by atoms with Gasteiger partial charge in [0, 0.05) is 17.2 Å². The van der Waals surface area contributed by atoms with Crippen molar-refractivity contribution < 1.29 is 19.1 Å². The van der Waals surface area contributed by atoms with E-state index in [1.807, 2.05) is 13.8 Å². The molecule has 0 unspecified atom stereocenters. The molecule has 0 spiro atoms. The van der Waals surface area contributed by atoms with Crippen LogP contribution in [0.4, 0.5) is 5.69 Å². The third kappa shape index (κ3) is 5.81. The summed E-state index contributed by atoms with van der Waals surface area (Å²) in [5.74, 6) is -0.0232. The molecule has 0 aromatic heterocycles.